The van der Waals surface area contributed by atoms with E-state index in [2.05, 4.69) is 0 Å². The third kappa shape index (κ3) is 1.55. The standard InChI is InChI=1S/C13H18N2O4/c1-3-18-11(16)14-9-5-6-10(13(9)7-8-13)15(14)12(17)19-4-2/h5-6,9-10H,3-4,7-8H2,1-2H3/t9-,10+. The predicted molar refractivity (Wildman–Crippen MR) is 66.1 cm³/mol. The van der Waals surface area contributed by atoms with Crippen LogP contribution in [-0.2, 0) is 9.47 Å². The van der Waals surface area contributed by atoms with Crippen molar-refractivity contribution >= 4 is 12.2 Å². The van der Waals surface area contributed by atoms with Gasteiger partial charge in [-0.1, -0.05) is 12.2 Å². The Balaban J connectivity index is 1.89. The van der Waals surface area contributed by atoms with E-state index in [0.717, 1.165) is 12.8 Å². The molecule has 3 aliphatic rings. The molecular weight excluding hydrogens is 248 g/mol. The van der Waals surface area contributed by atoms with Crippen molar-refractivity contribution in [1.82, 2.24) is 10.0 Å². The van der Waals surface area contributed by atoms with Gasteiger partial charge in [-0.2, -0.15) is 0 Å². The van der Waals surface area contributed by atoms with Crippen LogP contribution in [0.2, 0.25) is 0 Å². The molecule has 2 amide bonds. The van der Waals surface area contributed by atoms with Crippen LogP contribution in [0.4, 0.5) is 9.59 Å². The fourth-order valence-electron chi connectivity index (χ4n) is 3.21. The third-order valence-electron chi connectivity index (χ3n) is 4.15. The van der Waals surface area contributed by atoms with E-state index in [1.54, 1.807) is 13.8 Å². The number of ether oxygens (including phenoxy) is 2. The smallest absolute Gasteiger partial charge is 0.429 e. The molecule has 1 saturated heterocycles. The second-order valence-corrected chi connectivity index (χ2v) is 5.09. The van der Waals surface area contributed by atoms with E-state index in [1.807, 2.05) is 12.2 Å². The minimum absolute atomic E-state index is 0.0134. The van der Waals surface area contributed by atoms with Crippen molar-refractivity contribution in [2.45, 2.75) is 38.8 Å². The molecule has 19 heavy (non-hydrogen) atoms. The molecule has 0 radical (unpaired) electrons. The summed E-state index contributed by atoms with van der Waals surface area (Å²) in [6.45, 7) is 4.09. The van der Waals surface area contributed by atoms with E-state index >= 15 is 0 Å². The molecule has 0 aromatic carbocycles. The van der Waals surface area contributed by atoms with E-state index in [4.69, 9.17) is 9.47 Å². The van der Waals surface area contributed by atoms with Gasteiger partial charge in [0.15, 0.2) is 0 Å². The van der Waals surface area contributed by atoms with E-state index in [9.17, 15) is 9.59 Å². The lowest BCUT2D eigenvalue weighted by atomic mass is 9.97. The van der Waals surface area contributed by atoms with Crippen LogP contribution in [0, 0.1) is 5.41 Å². The van der Waals surface area contributed by atoms with Crippen molar-refractivity contribution in [2.75, 3.05) is 13.2 Å². The van der Waals surface area contributed by atoms with Crippen molar-refractivity contribution in [2.24, 2.45) is 5.41 Å². The fraction of sp³-hybridized carbons (Fsp3) is 0.692. The maximum atomic E-state index is 12.1. The maximum Gasteiger partial charge on any atom is 0.429 e. The van der Waals surface area contributed by atoms with E-state index < -0.39 is 12.2 Å². The molecule has 2 fully saturated rings. The SMILES string of the molecule is CCOC(=O)N1[C@H]2C=C[C@@H](N1C(=O)OCC)C21CC1. The molecule has 6 nitrogen and oxygen atoms in total. The van der Waals surface area contributed by atoms with Gasteiger partial charge in [-0.25, -0.2) is 19.6 Å². The van der Waals surface area contributed by atoms with Gasteiger partial charge in [-0.05, 0) is 26.7 Å². The Labute approximate surface area is 111 Å². The summed E-state index contributed by atoms with van der Waals surface area (Å²) in [6, 6.07) is -0.137. The highest BCUT2D eigenvalue weighted by Crippen LogP contribution is 2.63. The highest BCUT2D eigenvalue weighted by Gasteiger charge is 2.69. The molecule has 0 aromatic heterocycles. The Kier molecular flexibility index (Phi) is 2.69. The van der Waals surface area contributed by atoms with E-state index in [-0.39, 0.29) is 17.5 Å². The van der Waals surface area contributed by atoms with Gasteiger partial charge in [0.2, 0.25) is 0 Å². The lowest BCUT2D eigenvalue weighted by Crippen LogP contribution is -2.52. The molecule has 2 aliphatic carbocycles. The number of rotatable bonds is 2. The molecule has 3 rings (SSSR count). The Hall–Kier alpha value is -1.72. The van der Waals surface area contributed by atoms with Crippen LogP contribution in [0.25, 0.3) is 0 Å². The zero-order chi connectivity index (χ0) is 13.6. The molecule has 1 heterocycles. The van der Waals surface area contributed by atoms with Crippen molar-refractivity contribution in [3.63, 3.8) is 0 Å². The van der Waals surface area contributed by atoms with Crippen LogP contribution >= 0.6 is 0 Å². The summed E-state index contributed by atoms with van der Waals surface area (Å²) in [4.78, 5) is 24.2. The summed E-state index contributed by atoms with van der Waals surface area (Å²) < 4.78 is 10.1. The van der Waals surface area contributed by atoms with E-state index in [1.165, 1.54) is 10.0 Å². The predicted octanol–water partition coefficient (Wildman–Crippen LogP) is 1.92. The van der Waals surface area contributed by atoms with Crippen molar-refractivity contribution < 1.29 is 19.1 Å². The zero-order valence-corrected chi connectivity index (χ0v) is 11.2. The van der Waals surface area contributed by atoms with Crippen LogP contribution in [0.3, 0.4) is 0 Å². The minimum atomic E-state index is -0.473. The van der Waals surface area contributed by atoms with Crippen LogP contribution in [-0.4, -0.2) is 47.5 Å². The first-order valence-corrected chi connectivity index (χ1v) is 6.76. The minimum Gasteiger partial charge on any atom is -0.448 e. The molecular formula is C13H18N2O4. The summed E-state index contributed by atoms with van der Waals surface area (Å²) >= 11 is 0. The third-order valence-corrected chi connectivity index (χ3v) is 4.15. The Morgan fingerprint density at radius 2 is 1.47 bits per heavy atom. The first-order valence-electron chi connectivity index (χ1n) is 6.76. The lowest BCUT2D eigenvalue weighted by Gasteiger charge is -2.33. The number of nitrogens with zero attached hydrogens (tertiary/aromatic N) is 2. The number of carbonyl (C=O) groups is 2. The highest BCUT2D eigenvalue weighted by molar-refractivity contribution is 5.77. The number of amides is 2. The van der Waals surface area contributed by atoms with Crippen LogP contribution in [0.15, 0.2) is 12.2 Å². The van der Waals surface area contributed by atoms with Gasteiger partial charge in [-0.15, -0.1) is 0 Å². The van der Waals surface area contributed by atoms with Gasteiger partial charge in [-0.3, -0.25) is 0 Å². The number of hydrogen-bond donors (Lipinski definition) is 0. The van der Waals surface area contributed by atoms with Crippen LogP contribution in [0.5, 0.6) is 0 Å². The molecule has 0 N–H and O–H groups in total. The second-order valence-electron chi connectivity index (χ2n) is 5.09. The average Bonchev–Trinajstić information content (AvgIpc) is 3.04. The van der Waals surface area contributed by atoms with Crippen molar-refractivity contribution in [3.05, 3.63) is 12.2 Å². The second kappa shape index (κ2) is 4.15. The summed E-state index contributed by atoms with van der Waals surface area (Å²) in [5, 5.41) is 2.86. The quantitative estimate of drug-likeness (QED) is 0.716. The first kappa shape index (κ1) is 12.3. The normalized spacial score (nSPS) is 28.9. The summed E-state index contributed by atoms with van der Waals surface area (Å²) in [5.41, 5.74) is 0.0134. The van der Waals surface area contributed by atoms with Gasteiger partial charge in [0.05, 0.1) is 25.3 Å². The molecule has 0 unspecified atom stereocenters. The Morgan fingerprint density at radius 1 is 1.05 bits per heavy atom. The van der Waals surface area contributed by atoms with Crippen molar-refractivity contribution in [1.29, 1.82) is 0 Å². The summed E-state index contributed by atoms with van der Waals surface area (Å²) in [7, 11) is 0. The fourth-order valence-corrected chi connectivity index (χ4v) is 3.21. The van der Waals surface area contributed by atoms with Gasteiger partial charge in [0.1, 0.15) is 0 Å². The Bertz CT molecular complexity index is 408. The summed E-state index contributed by atoms with van der Waals surface area (Å²) in [6.07, 6.45) is 5.12. The van der Waals surface area contributed by atoms with Crippen LogP contribution < -0.4 is 0 Å². The summed E-state index contributed by atoms with van der Waals surface area (Å²) in [5.74, 6) is 0. The molecule has 2 atom stereocenters. The zero-order valence-electron chi connectivity index (χ0n) is 11.2. The van der Waals surface area contributed by atoms with Gasteiger partial charge in [0, 0.05) is 5.41 Å². The first-order chi connectivity index (χ1) is 9.15. The topological polar surface area (TPSA) is 59.1 Å². The average molecular weight is 266 g/mol. The lowest BCUT2D eigenvalue weighted by molar-refractivity contribution is -0.0130. The number of hydrazine groups is 1. The molecule has 2 bridgehead atoms. The van der Waals surface area contributed by atoms with Gasteiger partial charge >= 0.3 is 12.2 Å². The monoisotopic (exact) mass is 266 g/mol. The van der Waals surface area contributed by atoms with Gasteiger partial charge in [0.25, 0.3) is 0 Å². The van der Waals surface area contributed by atoms with Crippen molar-refractivity contribution in [3.8, 4) is 0 Å². The Morgan fingerprint density at radius 3 is 1.79 bits per heavy atom. The number of hydrogen-bond acceptors (Lipinski definition) is 4. The maximum absolute atomic E-state index is 12.1. The molecule has 1 aliphatic heterocycles. The van der Waals surface area contributed by atoms with Crippen LogP contribution in [0.1, 0.15) is 26.7 Å². The molecule has 1 spiro atoms. The molecule has 6 heteroatoms. The number of carbonyl (C=O) groups excluding carboxylic acids is 2. The largest absolute Gasteiger partial charge is 0.448 e. The molecule has 104 valence electrons. The highest BCUT2D eigenvalue weighted by atomic mass is 16.6. The van der Waals surface area contributed by atoms with Gasteiger partial charge < -0.3 is 9.47 Å². The van der Waals surface area contributed by atoms with E-state index in [0.29, 0.717) is 13.2 Å². The molecule has 0 aromatic rings. The molecule has 1 saturated carbocycles.